The quantitative estimate of drug-likeness (QED) is 0.884. The molecule has 1 aliphatic carbocycles. The molecule has 2 aromatic carbocycles. The molecule has 0 bridgehead atoms. The lowest BCUT2D eigenvalue weighted by molar-refractivity contribution is 0.299. The molecule has 0 saturated heterocycles. The van der Waals surface area contributed by atoms with Crippen LogP contribution in [0.2, 0.25) is 0 Å². The highest BCUT2D eigenvalue weighted by atomic mass is 16.5. The van der Waals surface area contributed by atoms with Crippen molar-refractivity contribution >= 4 is 0 Å². The molecule has 110 valence electrons. The van der Waals surface area contributed by atoms with E-state index in [-0.39, 0.29) is 0 Å². The topological polar surface area (TPSA) is 21.3 Å². The molecule has 0 fully saturated rings. The van der Waals surface area contributed by atoms with Crippen LogP contribution in [0.1, 0.15) is 42.5 Å². The fraction of sp³-hybridized carbons (Fsp3) is 0.368. The van der Waals surface area contributed by atoms with Gasteiger partial charge in [-0.3, -0.25) is 0 Å². The predicted octanol–water partition coefficient (Wildman–Crippen LogP) is 4.25. The first kappa shape index (κ1) is 14.2. The monoisotopic (exact) mass is 281 g/mol. The van der Waals surface area contributed by atoms with Crippen molar-refractivity contribution < 1.29 is 4.74 Å². The van der Waals surface area contributed by atoms with E-state index in [1.165, 1.54) is 29.5 Å². The molecule has 0 radical (unpaired) electrons. The summed E-state index contributed by atoms with van der Waals surface area (Å²) >= 11 is 0. The van der Waals surface area contributed by atoms with Crippen LogP contribution in [0.5, 0.6) is 5.75 Å². The van der Waals surface area contributed by atoms with Crippen molar-refractivity contribution in [2.45, 2.75) is 38.8 Å². The lowest BCUT2D eigenvalue weighted by atomic mass is 9.87. The predicted molar refractivity (Wildman–Crippen MR) is 86.6 cm³/mol. The summed E-state index contributed by atoms with van der Waals surface area (Å²) in [6, 6.07) is 17.3. The van der Waals surface area contributed by atoms with Crippen LogP contribution in [0, 0.1) is 0 Å². The second kappa shape index (κ2) is 6.77. The van der Waals surface area contributed by atoms with Gasteiger partial charge in [0.05, 0.1) is 0 Å². The van der Waals surface area contributed by atoms with E-state index >= 15 is 0 Å². The smallest absolute Gasteiger partial charge is 0.123 e. The van der Waals surface area contributed by atoms with Crippen LogP contribution in [0.15, 0.2) is 48.5 Å². The zero-order valence-electron chi connectivity index (χ0n) is 12.6. The lowest BCUT2D eigenvalue weighted by Gasteiger charge is -2.27. The average Bonchev–Trinajstić information content (AvgIpc) is 2.54. The van der Waals surface area contributed by atoms with Crippen LogP contribution >= 0.6 is 0 Å². The molecule has 2 aromatic rings. The minimum Gasteiger partial charge on any atom is -0.489 e. The minimum absolute atomic E-state index is 0.485. The van der Waals surface area contributed by atoms with Gasteiger partial charge >= 0.3 is 0 Å². The van der Waals surface area contributed by atoms with Crippen molar-refractivity contribution in [1.29, 1.82) is 0 Å². The van der Waals surface area contributed by atoms with Crippen LogP contribution in [0.25, 0.3) is 0 Å². The number of fused-ring (bicyclic) bond motifs is 1. The maximum absolute atomic E-state index is 6.09. The van der Waals surface area contributed by atoms with Crippen molar-refractivity contribution in [3.05, 3.63) is 65.2 Å². The van der Waals surface area contributed by atoms with Crippen molar-refractivity contribution in [2.24, 2.45) is 0 Å². The Balaban J connectivity index is 1.78. The SMILES string of the molecule is CCNC1CCCc2c(OCc3ccccc3)cccc21. The van der Waals surface area contributed by atoms with E-state index in [1.807, 2.05) is 6.07 Å². The van der Waals surface area contributed by atoms with E-state index in [0.717, 1.165) is 18.7 Å². The Bertz CT molecular complexity index is 579. The third kappa shape index (κ3) is 3.27. The van der Waals surface area contributed by atoms with E-state index in [9.17, 15) is 0 Å². The summed E-state index contributed by atoms with van der Waals surface area (Å²) in [4.78, 5) is 0. The van der Waals surface area contributed by atoms with Crippen molar-refractivity contribution in [2.75, 3.05) is 6.54 Å². The summed E-state index contributed by atoms with van der Waals surface area (Å²) in [5.74, 6) is 1.05. The summed E-state index contributed by atoms with van der Waals surface area (Å²) in [6.07, 6.45) is 3.58. The fourth-order valence-corrected chi connectivity index (χ4v) is 3.14. The molecule has 2 heteroatoms. The molecule has 2 nitrogen and oxygen atoms in total. The number of benzene rings is 2. The maximum atomic E-state index is 6.09. The van der Waals surface area contributed by atoms with Crippen LogP contribution in [0.4, 0.5) is 0 Å². The molecule has 0 heterocycles. The molecule has 0 spiro atoms. The van der Waals surface area contributed by atoms with Crippen molar-refractivity contribution in [3.8, 4) is 5.75 Å². The van der Waals surface area contributed by atoms with E-state index in [0.29, 0.717) is 12.6 Å². The van der Waals surface area contributed by atoms with Gasteiger partial charge in [0, 0.05) is 6.04 Å². The second-order valence-electron chi connectivity index (χ2n) is 5.60. The van der Waals surface area contributed by atoms with Gasteiger partial charge in [0.1, 0.15) is 12.4 Å². The Morgan fingerprint density at radius 1 is 1.10 bits per heavy atom. The summed E-state index contributed by atoms with van der Waals surface area (Å²) in [7, 11) is 0. The highest BCUT2D eigenvalue weighted by Crippen LogP contribution is 2.35. The molecule has 1 unspecified atom stereocenters. The van der Waals surface area contributed by atoms with E-state index in [4.69, 9.17) is 4.74 Å². The molecule has 0 aromatic heterocycles. The Morgan fingerprint density at radius 2 is 1.95 bits per heavy atom. The molecule has 1 aliphatic rings. The van der Waals surface area contributed by atoms with Gasteiger partial charge in [-0.25, -0.2) is 0 Å². The van der Waals surface area contributed by atoms with Gasteiger partial charge in [-0.1, -0.05) is 49.4 Å². The van der Waals surface area contributed by atoms with Crippen molar-refractivity contribution in [1.82, 2.24) is 5.32 Å². The molecule has 1 atom stereocenters. The Morgan fingerprint density at radius 3 is 2.76 bits per heavy atom. The number of hydrogen-bond donors (Lipinski definition) is 1. The summed E-state index contributed by atoms with van der Waals surface area (Å²) in [6.45, 7) is 3.83. The van der Waals surface area contributed by atoms with Crippen LogP contribution in [0.3, 0.4) is 0 Å². The normalized spacial score (nSPS) is 17.3. The van der Waals surface area contributed by atoms with Gasteiger partial charge in [0.25, 0.3) is 0 Å². The summed E-state index contributed by atoms with van der Waals surface area (Å²) < 4.78 is 6.09. The first-order chi connectivity index (χ1) is 10.4. The highest BCUT2D eigenvalue weighted by Gasteiger charge is 2.21. The standard InChI is InChI=1S/C19H23NO/c1-2-20-18-12-6-11-17-16(18)10-7-13-19(17)21-14-15-8-4-3-5-9-15/h3-5,7-10,13,18,20H,2,6,11-12,14H2,1H3. The van der Waals surface area contributed by atoms with Gasteiger partial charge in [-0.15, -0.1) is 0 Å². The Labute approximate surface area is 127 Å². The molecule has 0 amide bonds. The number of hydrogen-bond acceptors (Lipinski definition) is 2. The highest BCUT2D eigenvalue weighted by molar-refractivity contribution is 5.43. The van der Waals surface area contributed by atoms with Crippen LogP contribution in [-0.2, 0) is 13.0 Å². The molecular formula is C19H23NO. The van der Waals surface area contributed by atoms with E-state index in [1.54, 1.807) is 0 Å². The zero-order chi connectivity index (χ0) is 14.5. The van der Waals surface area contributed by atoms with E-state index in [2.05, 4.69) is 54.7 Å². The first-order valence-corrected chi connectivity index (χ1v) is 7.90. The van der Waals surface area contributed by atoms with Gasteiger partial charge in [-0.2, -0.15) is 0 Å². The molecule has 0 saturated carbocycles. The molecule has 3 rings (SSSR count). The third-order valence-corrected chi connectivity index (χ3v) is 4.15. The van der Waals surface area contributed by atoms with Gasteiger partial charge in [0.15, 0.2) is 0 Å². The van der Waals surface area contributed by atoms with Gasteiger partial charge in [-0.05, 0) is 48.6 Å². The molecule has 21 heavy (non-hydrogen) atoms. The van der Waals surface area contributed by atoms with Gasteiger partial charge < -0.3 is 10.1 Å². The van der Waals surface area contributed by atoms with Crippen LogP contribution in [-0.4, -0.2) is 6.54 Å². The Hall–Kier alpha value is -1.80. The van der Waals surface area contributed by atoms with Crippen molar-refractivity contribution in [3.63, 3.8) is 0 Å². The average molecular weight is 281 g/mol. The lowest BCUT2D eigenvalue weighted by Crippen LogP contribution is -2.25. The maximum Gasteiger partial charge on any atom is 0.123 e. The zero-order valence-corrected chi connectivity index (χ0v) is 12.6. The minimum atomic E-state index is 0.485. The van der Waals surface area contributed by atoms with Crippen LogP contribution < -0.4 is 10.1 Å². The Kier molecular flexibility index (Phi) is 4.56. The number of ether oxygens (including phenoxy) is 1. The first-order valence-electron chi connectivity index (χ1n) is 7.90. The second-order valence-corrected chi connectivity index (χ2v) is 5.60. The largest absolute Gasteiger partial charge is 0.489 e. The molecule has 1 N–H and O–H groups in total. The van der Waals surface area contributed by atoms with E-state index < -0.39 is 0 Å². The summed E-state index contributed by atoms with van der Waals surface area (Å²) in [5.41, 5.74) is 4.04. The van der Waals surface area contributed by atoms with Gasteiger partial charge in [0.2, 0.25) is 0 Å². The number of rotatable bonds is 5. The third-order valence-electron chi connectivity index (χ3n) is 4.15. The summed E-state index contributed by atoms with van der Waals surface area (Å²) in [5, 5.41) is 3.59. The number of nitrogens with one attached hydrogen (secondary N) is 1. The molecule has 0 aliphatic heterocycles. The fourth-order valence-electron chi connectivity index (χ4n) is 3.14. The molecular weight excluding hydrogens is 258 g/mol.